The molecular formula is C19H23N3O5. The van der Waals surface area contributed by atoms with Crippen LogP contribution in [-0.2, 0) is 20.9 Å². The Kier molecular flexibility index (Phi) is 5.34. The molecular weight excluding hydrogens is 350 g/mol. The smallest absolute Gasteiger partial charge is 0.327 e. The van der Waals surface area contributed by atoms with Gasteiger partial charge in [-0.1, -0.05) is 0 Å². The number of carbonyl (C=O) groups excluding carboxylic acids is 2. The fraction of sp³-hybridized carbons (Fsp3) is 0.421. The normalized spacial score (nSPS) is 15.7. The second-order valence-electron chi connectivity index (χ2n) is 6.22. The Morgan fingerprint density at radius 3 is 2.78 bits per heavy atom. The van der Waals surface area contributed by atoms with Crippen LogP contribution in [0.3, 0.4) is 0 Å². The molecule has 1 aromatic heterocycles. The Morgan fingerprint density at radius 2 is 2.11 bits per heavy atom. The fourth-order valence-corrected chi connectivity index (χ4v) is 3.44. The van der Waals surface area contributed by atoms with Gasteiger partial charge in [0.25, 0.3) is 0 Å². The Labute approximate surface area is 157 Å². The largest absolute Gasteiger partial charge is 0.497 e. The summed E-state index contributed by atoms with van der Waals surface area (Å²) in [5.74, 6) is 1.05. The molecule has 0 spiro atoms. The molecule has 0 radical (unpaired) electrons. The summed E-state index contributed by atoms with van der Waals surface area (Å²) in [5.41, 5.74) is 2.45. The number of rotatable bonds is 6. The lowest BCUT2D eigenvalue weighted by Gasteiger charge is -2.26. The molecule has 1 unspecified atom stereocenters. The number of esters is 1. The Balaban J connectivity index is 2.08. The molecule has 0 fully saturated rings. The number of nitrogens with zero attached hydrogens (tertiary/aromatic N) is 2. The standard InChI is InChI=1S/C19H23N3O5/c1-5-27-17(24)10-22-19-18(11(2)21-22)14(9-16(23)20-19)13-8-12(25-3)6-7-15(13)26-4/h6-8,14H,5,9-10H2,1-4H3,(H,20,23). The van der Waals surface area contributed by atoms with E-state index in [0.717, 1.165) is 16.8 Å². The van der Waals surface area contributed by atoms with Gasteiger partial charge >= 0.3 is 5.97 Å². The third-order valence-corrected chi connectivity index (χ3v) is 4.57. The van der Waals surface area contributed by atoms with E-state index in [1.165, 1.54) is 4.68 Å². The van der Waals surface area contributed by atoms with Crippen molar-refractivity contribution in [1.29, 1.82) is 0 Å². The molecule has 0 saturated carbocycles. The van der Waals surface area contributed by atoms with Crippen LogP contribution in [0.2, 0.25) is 0 Å². The fourth-order valence-electron chi connectivity index (χ4n) is 3.44. The first kappa shape index (κ1) is 18.8. The van der Waals surface area contributed by atoms with E-state index >= 15 is 0 Å². The van der Waals surface area contributed by atoms with Gasteiger partial charge in [-0.05, 0) is 32.0 Å². The minimum atomic E-state index is -0.405. The van der Waals surface area contributed by atoms with Crippen LogP contribution >= 0.6 is 0 Å². The van der Waals surface area contributed by atoms with Gasteiger partial charge in [-0.2, -0.15) is 5.10 Å². The van der Waals surface area contributed by atoms with Crippen LogP contribution in [0, 0.1) is 6.92 Å². The number of aromatic nitrogens is 2. The molecule has 2 heterocycles. The lowest BCUT2D eigenvalue weighted by atomic mass is 9.85. The van der Waals surface area contributed by atoms with Gasteiger partial charge in [0, 0.05) is 23.5 Å². The van der Waals surface area contributed by atoms with E-state index in [1.54, 1.807) is 21.1 Å². The van der Waals surface area contributed by atoms with E-state index < -0.39 is 5.97 Å². The highest BCUT2D eigenvalue weighted by atomic mass is 16.5. The third kappa shape index (κ3) is 3.60. The van der Waals surface area contributed by atoms with Crippen molar-refractivity contribution in [2.75, 3.05) is 26.1 Å². The SMILES string of the molecule is CCOC(=O)Cn1nc(C)c2c1NC(=O)CC2c1cc(OC)ccc1OC. The summed E-state index contributed by atoms with van der Waals surface area (Å²) in [5, 5.41) is 7.30. The van der Waals surface area contributed by atoms with Gasteiger partial charge in [-0.25, -0.2) is 4.68 Å². The molecule has 27 heavy (non-hydrogen) atoms. The number of aryl methyl sites for hydroxylation is 1. The zero-order chi connectivity index (χ0) is 19.6. The van der Waals surface area contributed by atoms with Crippen molar-refractivity contribution in [3.63, 3.8) is 0 Å². The average molecular weight is 373 g/mol. The average Bonchev–Trinajstić information content (AvgIpc) is 2.95. The van der Waals surface area contributed by atoms with Gasteiger partial charge in [0.2, 0.25) is 5.91 Å². The predicted octanol–water partition coefficient (Wildman–Crippen LogP) is 2.25. The van der Waals surface area contributed by atoms with Gasteiger partial charge in [0.1, 0.15) is 23.9 Å². The molecule has 0 aliphatic carbocycles. The maximum absolute atomic E-state index is 12.4. The van der Waals surface area contributed by atoms with Crippen molar-refractivity contribution in [3.8, 4) is 11.5 Å². The summed E-state index contributed by atoms with van der Waals surface area (Å²) >= 11 is 0. The first-order valence-electron chi connectivity index (χ1n) is 8.73. The van der Waals surface area contributed by atoms with Crippen LogP contribution < -0.4 is 14.8 Å². The molecule has 8 heteroatoms. The Morgan fingerprint density at radius 1 is 1.33 bits per heavy atom. The van der Waals surface area contributed by atoms with E-state index in [2.05, 4.69) is 10.4 Å². The van der Waals surface area contributed by atoms with E-state index in [4.69, 9.17) is 14.2 Å². The molecule has 1 N–H and O–H groups in total. The van der Waals surface area contributed by atoms with Gasteiger partial charge in [-0.3, -0.25) is 9.59 Å². The molecule has 0 saturated heterocycles. The van der Waals surface area contributed by atoms with Crippen LogP contribution in [0.25, 0.3) is 0 Å². The number of hydrogen-bond donors (Lipinski definition) is 1. The quantitative estimate of drug-likeness (QED) is 0.781. The van der Waals surface area contributed by atoms with E-state index in [0.29, 0.717) is 17.3 Å². The van der Waals surface area contributed by atoms with E-state index in [-0.39, 0.29) is 31.4 Å². The van der Waals surface area contributed by atoms with Gasteiger partial charge in [0.15, 0.2) is 0 Å². The van der Waals surface area contributed by atoms with Crippen molar-refractivity contribution < 1.29 is 23.8 Å². The lowest BCUT2D eigenvalue weighted by molar-refractivity contribution is -0.144. The number of methoxy groups -OCH3 is 2. The van der Waals surface area contributed by atoms with Crippen LogP contribution in [0.15, 0.2) is 18.2 Å². The number of ether oxygens (including phenoxy) is 3. The van der Waals surface area contributed by atoms with E-state index in [1.807, 2.05) is 25.1 Å². The molecule has 144 valence electrons. The molecule has 2 aromatic rings. The Hall–Kier alpha value is -3.03. The highest BCUT2D eigenvalue weighted by molar-refractivity contribution is 5.95. The molecule has 1 aromatic carbocycles. The van der Waals surface area contributed by atoms with Gasteiger partial charge < -0.3 is 19.5 Å². The summed E-state index contributed by atoms with van der Waals surface area (Å²) in [6.45, 7) is 3.83. The summed E-state index contributed by atoms with van der Waals surface area (Å²) in [4.78, 5) is 24.3. The number of anilines is 1. The molecule has 1 aliphatic heterocycles. The van der Waals surface area contributed by atoms with Gasteiger partial charge in [-0.15, -0.1) is 0 Å². The lowest BCUT2D eigenvalue weighted by Crippen LogP contribution is -2.26. The number of carbonyl (C=O) groups is 2. The molecule has 1 amide bonds. The summed E-state index contributed by atoms with van der Waals surface area (Å²) < 4.78 is 17.3. The second kappa shape index (κ2) is 7.69. The molecule has 3 rings (SSSR count). The summed E-state index contributed by atoms with van der Waals surface area (Å²) in [6, 6.07) is 5.50. The Bertz CT molecular complexity index is 874. The zero-order valence-electron chi connectivity index (χ0n) is 15.9. The first-order valence-corrected chi connectivity index (χ1v) is 8.73. The number of nitrogens with one attached hydrogen (secondary N) is 1. The molecule has 8 nitrogen and oxygen atoms in total. The topological polar surface area (TPSA) is 91.7 Å². The third-order valence-electron chi connectivity index (χ3n) is 4.57. The minimum Gasteiger partial charge on any atom is -0.497 e. The zero-order valence-corrected chi connectivity index (χ0v) is 15.9. The van der Waals surface area contributed by atoms with Crippen molar-refractivity contribution in [3.05, 3.63) is 35.0 Å². The molecule has 1 aliphatic rings. The monoisotopic (exact) mass is 373 g/mol. The van der Waals surface area contributed by atoms with Crippen molar-refractivity contribution in [2.24, 2.45) is 0 Å². The molecule has 1 atom stereocenters. The van der Waals surface area contributed by atoms with E-state index in [9.17, 15) is 9.59 Å². The van der Waals surface area contributed by atoms with Crippen LogP contribution in [0.5, 0.6) is 11.5 Å². The number of benzene rings is 1. The summed E-state index contributed by atoms with van der Waals surface area (Å²) in [6.07, 6.45) is 0.252. The number of fused-ring (bicyclic) bond motifs is 1. The maximum Gasteiger partial charge on any atom is 0.327 e. The minimum absolute atomic E-state index is 0.0632. The highest BCUT2D eigenvalue weighted by Gasteiger charge is 2.34. The molecule has 0 bridgehead atoms. The van der Waals surface area contributed by atoms with Crippen LogP contribution in [0.1, 0.15) is 36.1 Å². The van der Waals surface area contributed by atoms with Crippen molar-refractivity contribution in [1.82, 2.24) is 9.78 Å². The first-order chi connectivity index (χ1) is 13.0. The van der Waals surface area contributed by atoms with Crippen molar-refractivity contribution >= 4 is 17.7 Å². The maximum atomic E-state index is 12.4. The highest BCUT2D eigenvalue weighted by Crippen LogP contribution is 2.43. The number of amides is 1. The van der Waals surface area contributed by atoms with Crippen molar-refractivity contribution in [2.45, 2.75) is 32.7 Å². The predicted molar refractivity (Wildman–Crippen MR) is 98.2 cm³/mol. The van der Waals surface area contributed by atoms with Crippen LogP contribution in [-0.4, -0.2) is 42.5 Å². The van der Waals surface area contributed by atoms with Gasteiger partial charge in [0.05, 0.1) is 26.5 Å². The summed E-state index contributed by atoms with van der Waals surface area (Å²) in [7, 11) is 3.18. The van der Waals surface area contributed by atoms with Crippen LogP contribution in [0.4, 0.5) is 5.82 Å². The second-order valence-corrected chi connectivity index (χ2v) is 6.22. The number of hydrogen-bond acceptors (Lipinski definition) is 6.